The van der Waals surface area contributed by atoms with Crippen molar-refractivity contribution >= 4 is 6.21 Å². The van der Waals surface area contributed by atoms with Crippen LogP contribution in [0.15, 0.2) is 29.3 Å². The van der Waals surface area contributed by atoms with Gasteiger partial charge in [-0.1, -0.05) is 6.92 Å². The van der Waals surface area contributed by atoms with Gasteiger partial charge in [0.2, 0.25) is 0 Å². The highest BCUT2D eigenvalue weighted by molar-refractivity contribution is 5.79. The first kappa shape index (κ1) is 14.1. The van der Waals surface area contributed by atoms with Crippen molar-refractivity contribution in [2.45, 2.75) is 44.8 Å². The second-order valence-electron chi connectivity index (χ2n) is 5.35. The third-order valence-corrected chi connectivity index (χ3v) is 3.87. The molecule has 1 fully saturated rings. The van der Waals surface area contributed by atoms with Crippen LogP contribution in [0.1, 0.15) is 38.7 Å². The van der Waals surface area contributed by atoms with Crippen LogP contribution >= 0.6 is 0 Å². The van der Waals surface area contributed by atoms with Crippen molar-refractivity contribution in [2.75, 3.05) is 13.7 Å². The molecule has 3 nitrogen and oxygen atoms in total. The molecule has 2 atom stereocenters. The van der Waals surface area contributed by atoms with Gasteiger partial charge in [-0.25, -0.2) is 0 Å². The first-order valence-electron chi connectivity index (χ1n) is 6.96. The van der Waals surface area contributed by atoms with Gasteiger partial charge in [0.05, 0.1) is 18.8 Å². The molecule has 0 aromatic heterocycles. The van der Waals surface area contributed by atoms with Crippen LogP contribution < -0.4 is 4.74 Å². The lowest BCUT2D eigenvalue weighted by Crippen LogP contribution is -2.38. The van der Waals surface area contributed by atoms with Crippen molar-refractivity contribution in [3.8, 4) is 5.75 Å². The average molecular weight is 261 g/mol. The van der Waals surface area contributed by atoms with Crippen LogP contribution in [0.4, 0.5) is 0 Å². The standard InChI is InChI=1S/C16H23NO2/c1-4-16(2)11-14(9-10-19-16)17-12-13-5-7-15(18-3)8-6-13/h5-8,12,14H,4,9-11H2,1-3H3/t14-,16-/m1/s1. The maximum atomic E-state index is 5.84. The summed E-state index contributed by atoms with van der Waals surface area (Å²) in [4.78, 5) is 4.71. The smallest absolute Gasteiger partial charge is 0.118 e. The van der Waals surface area contributed by atoms with E-state index < -0.39 is 0 Å². The minimum absolute atomic E-state index is 0.000163. The second kappa shape index (κ2) is 6.20. The zero-order chi connectivity index (χ0) is 13.7. The van der Waals surface area contributed by atoms with Crippen LogP contribution in [-0.4, -0.2) is 31.6 Å². The average Bonchev–Trinajstić information content (AvgIpc) is 2.46. The Bertz CT molecular complexity index is 427. The first-order chi connectivity index (χ1) is 9.15. The van der Waals surface area contributed by atoms with Crippen molar-refractivity contribution in [1.29, 1.82) is 0 Å². The van der Waals surface area contributed by atoms with Crippen LogP contribution in [0.2, 0.25) is 0 Å². The molecule has 0 spiro atoms. The second-order valence-corrected chi connectivity index (χ2v) is 5.35. The molecule has 1 aromatic carbocycles. The Balaban J connectivity index is 1.97. The highest BCUT2D eigenvalue weighted by Crippen LogP contribution is 2.29. The normalized spacial score (nSPS) is 27.6. The molecule has 1 saturated heterocycles. The molecule has 1 aliphatic rings. The van der Waals surface area contributed by atoms with Gasteiger partial charge in [-0.3, -0.25) is 4.99 Å². The minimum atomic E-state index is 0.000163. The fourth-order valence-corrected chi connectivity index (χ4v) is 2.36. The SMILES string of the molecule is CC[C@]1(C)C[C@H](N=Cc2ccc(OC)cc2)CCO1. The molecule has 1 heterocycles. The molecule has 3 heteroatoms. The molecule has 0 saturated carbocycles. The van der Waals surface area contributed by atoms with E-state index in [0.29, 0.717) is 6.04 Å². The Morgan fingerprint density at radius 3 is 2.79 bits per heavy atom. The molecule has 104 valence electrons. The summed E-state index contributed by atoms with van der Waals surface area (Å²) in [6.07, 6.45) is 5.03. The largest absolute Gasteiger partial charge is 0.497 e. The summed E-state index contributed by atoms with van der Waals surface area (Å²) >= 11 is 0. The van der Waals surface area contributed by atoms with Crippen molar-refractivity contribution in [2.24, 2.45) is 4.99 Å². The topological polar surface area (TPSA) is 30.8 Å². The fourth-order valence-electron chi connectivity index (χ4n) is 2.36. The number of hydrogen-bond acceptors (Lipinski definition) is 3. The molecule has 1 aliphatic heterocycles. The van der Waals surface area contributed by atoms with Gasteiger partial charge in [0.25, 0.3) is 0 Å². The molecular formula is C16H23NO2. The molecule has 0 unspecified atom stereocenters. The minimum Gasteiger partial charge on any atom is -0.497 e. The van der Waals surface area contributed by atoms with Crippen LogP contribution in [0.25, 0.3) is 0 Å². The molecule has 0 bridgehead atoms. The summed E-state index contributed by atoms with van der Waals surface area (Å²) in [6, 6.07) is 8.35. The van der Waals surface area contributed by atoms with Crippen molar-refractivity contribution in [1.82, 2.24) is 0 Å². The number of benzene rings is 1. The summed E-state index contributed by atoms with van der Waals surface area (Å²) in [5.41, 5.74) is 1.12. The van der Waals surface area contributed by atoms with E-state index in [1.165, 1.54) is 0 Å². The van der Waals surface area contributed by atoms with E-state index in [1.807, 2.05) is 30.5 Å². The van der Waals surface area contributed by atoms with E-state index in [2.05, 4.69) is 13.8 Å². The van der Waals surface area contributed by atoms with Crippen LogP contribution in [0, 0.1) is 0 Å². The molecular weight excluding hydrogens is 238 g/mol. The lowest BCUT2D eigenvalue weighted by molar-refractivity contribution is -0.0729. The number of rotatable bonds is 4. The summed E-state index contributed by atoms with van der Waals surface area (Å²) in [5.74, 6) is 0.877. The fraction of sp³-hybridized carbons (Fsp3) is 0.562. The van der Waals surface area contributed by atoms with Gasteiger partial charge in [-0.2, -0.15) is 0 Å². The maximum absolute atomic E-state index is 5.84. The van der Waals surface area contributed by atoms with Crippen LogP contribution in [0.3, 0.4) is 0 Å². The van der Waals surface area contributed by atoms with Gasteiger partial charge in [-0.15, -0.1) is 0 Å². The number of nitrogens with zero attached hydrogens (tertiary/aromatic N) is 1. The van der Waals surface area contributed by atoms with Crippen LogP contribution in [0.5, 0.6) is 5.75 Å². The Kier molecular flexibility index (Phi) is 4.59. The Morgan fingerprint density at radius 2 is 2.16 bits per heavy atom. The zero-order valence-corrected chi connectivity index (χ0v) is 12.1. The number of methoxy groups -OCH3 is 1. The molecule has 0 aliphatic carbocycles. The predicted molar refractivity (Wildman–Crippen MR) is 78.3 cm³/mol. The zero-order valence-electron chi connectivity index (χ0n) is 12.1. The van der Waals surface area contributed by atoms with Gasteiger partial charge in [0, 0.05) is 12.8 Å². The first-order valence-corrected chi connectivity index (χ1v) is 6.96. The predicted octanol–water partition coefficient (Wildman–Crippen LogP) is 3.46. The summed E-state index contributed by atoms with van der Waals surface area (Å²) in [5, 5.41) is 0. The van der Waals surface area contributed by atoms with Gasteiger partial charge in [-0.05, 0) is 56.0 Å². The van der Waals surface area contributed by atoms with Gasteiger partial charge in [0.15, 0.2) is 0 Å². The third-order valence-electron chi connectivity index (χ3n) is 3.87. The molecule has 0 N–H and O–H groups in total. The number of ether oxygens (including phenoxy) is 2. The Morgan fingerprint density at radius 1 is 1.42 bits per heavy atom. The van der Waals surface area contributed by atoms with E-state index in [0.717, 1.165) is 37.2 Å². The van der Waals surface area contributed by atoms with E-state index >= 15 is 0 Å². The van der Waals surface area contributed by atoms with E-state index in [4.69, 9.17) is 14.5 Å². The van der Waals surface area contributed by atoms with Crippen molar-refractivity contribution in [3.63, 3.8) is 0 Å². The van der Waals surface area contributed by atoms with E-state index in [9.17, 15) is 0 Å². The molecule has 2 rings (SSSR count). The number of hydrogen-bond donors (Lipinski definition) is 0. The van der Waals surface area contributed by atoms with Crippen molar-refractivity contribution < 1.29 is 9.47 Å². The third kappa shape index (κ3) is 3.80. The van der Waals surface area contributed by atoms with Gasteiger partial charge >= 0.3 is 0 Å². The van der Waals surface area contributed by atoms with E-state index in [1.54, 1.807) is 7.11 Å². The van der Waals surface area contributed by atoms with Crippen LogP contribution in [-0.2, 0) is 4.74 Å². The van der Waals surface area contributed by atoms with E-state index in [-0.39, 0.29) is 5.60 Å². The number of aliphatic imine (C=N–C) groups is 1. The highest BCUT2D eigenvalue weighted by atomic mass is 16.5. The lowest BCUT2D eigenvalue weighted by atomic mass is 9.90. The Labute approximate surface area is 115 Å². The lowest BCUT2D eigenvalue weighted by Gasteiger charge is -2.36. The molecule has 19 heavy (non-hydrogen) atoms. The Hall–Kier alpha value is -1.35. The summed E-state index contributed by atoms with van der Waals surface area (Å²) < 4.78 is 11.0. The molecule has 0 amide bonds. The maximum Gasteiger partial charge on any atom is 0.118 e. The van der Waals surface area contributed by atoms with Gasteiger partial charge in [0.1, 0.15) is 5.75 Å². The molecule has 1 aromatic rings. The van der Waals surface area contributed by atoms with Crippen molar-refractivity contribution in [3.05, 3.63) is 29.8 Å². The quantitative estimate of drug-likeness (QED) is 0.777. The highest BCUT2D eigenvalue weighted by Gasteiger charge is 2.31. The monoisotopic (exact) mass is 261 g/mol. The molecule has 0 radical (unpaired) electrons. The van der Waals surface area contributed by atoms with Gasteiger partial charge < -0.3 is 9.47 Å². The summed E-state index contributed by atoms with van der Waals surface area (Å²) in [6.45, 7) is 5.17. The summed E-state index contributed by atoms with van der Waals surface area (Å²) in [7, 11) is 1.68.